The molecule has 0 unspecified atom stereocenters. The molecule has 0 saturated carbocycles. The Balaban J connectivity index is 2.14. The van der Waals surface area contributed by atoms with E-state index in [2.05, 4.69) is 10.3 Å². The molecule has 0 atom stereocenters. The van der Waals surface area contributed by atoms with Crippen molar-refractivity contribution in [3.05, 3.63) is 26.6 Å². The summed E-state index contributed by atoms with van der Waals surface area (Å²) in [6.07, 6.45) is -0.0126. The SMILES string of the molecule is Cc1sc2nc(C)n(CCC(=O)NCCC(=O)O)c(=O)c2c1C. The van der Waals surface area contributed by atoms with Gasteiger partial charge in [0.25, 0.3) is 5.56 Å². The van der Waals surface area contributed by atoms with Crippen LogP contribution in [0, 0.1) is 20.8 Å². The summed E-state index contributed by atoms with van der Waals surface area (Å²) >= 11 is 1.49. The Labute approximate surface area is 137 Å². The zero-order chi connectivity index (χ0) is 17.1. The monoisotopic (exact) mass is 337 g/mol. The molecule has 2 heterocycles. The third-order valence-electron chi connectivity index (χ3n) is 3.70. The van der Waals surface area contributed by atoms with Crippen LogP contribution in [0.3, 0.4) is 0 Å². The molecule has 0 aliphatic rings. The Hall–Kier alpha value is -2.22. The van der Waals surface area contributed by atoms with E-state index in [0.717, 1.165) is 15.3 Å². The van der Waals surface area contributed by atoms with Gasteiger partial charge in [0, 0.05) is 24.4 Å². The van der Waals surface area contributed by atoms with Crippen molar-refractivity contribution in [1.29, 1.82) is 0 Å². The molecule has 124 valence electrons. The predicted molar refractivity (Wildman–Crippen MR) is 88.0 cm³/mol. The van der Waals surface area contributed by atoms with Gasteiger partial charge in [-0.25, -0.2) is 4.98 Å². The van der Waals surface area contributed by atoms with Crippen LogP contribution in [0.4, 0.5) is 0 Å². The Morgan fingerprint density at radius 3 is 2.61 bits per heavy atom. The van der Waals surface area contributed by atoms with Crippen molar-refractivity contribution >= 4 is 33.4 Å². The lowest BCUT2D eigenvalue weighted by molar-refractivity contribution is -0.136. The van der Waals surface area contributed by atoms with Gasteiger partial charge in [-0.2, -0.15) is 0 Å². The maximum absolute atomic E-state index is 12.6. The maximum Gasteiger partial charge on any atom is 0.305 e. The molecule has 1 amide bonds. The van der Waals surface area contributed by atoms with E-state index < -0.39 is 5.97 Å². The second-order valence-corrected chi connectivity index (χ2v) is 6.53. The number of fused-ring (bicyclic) bond motifs is 1. The minimum absolute atomic E-state index is 0.0855. The Bertz CT molecular complexity index is 822. The van der Waals surface area contributed by atoms with Crippen LogP contribution in [0.5, 0.6) is 0 Å². The number of nitrogens with one attached hydrogen (secondary N) is 1. The first-order valence-corrected chi connectivity index (χ1v) is 8.08. The van der Waals surface area contributed by atoms with Crippen LogP contribution in [0.15, 0.2) is 4.79 Å². The van der Waals surface area contributed by atoms with Crippen molar-refractivity contribution < 1.29 is 14.7 Å². The largest absolute Gasteiger partial charge is 0.481 e. The number of carboxylic acids is 1. The number of hydrogen-bond acceptors (Lipinski definition) is 5. The minimum atomic E-state index is -0.963. The number of nitrogens with zero attached hydrogens (tertiary/aromatic N) is 2. The van der Waals surface area contributed by atoms with Crippen molar-refractivity contribution in [2.45, 2.75) is 40.2 Å². The highest BCUT2D eigenvalue weighted by atomic mass is 32.1. The molecule has 2 N–H and O–H groups in total. The van der Waals surface area contributed by atoms with Crippen LogP contribution in [-0.4, -0.2) is 33.1 Å². The average Bonchev–Trinajstić information content (AvgIpc) is 2.73. The molecule has 0 spiro atoms. The van der Waals surface area contributed by atoms with E-state index in [0.29, 0.717) is 11.2 Å². The highest BCUT2D eigenvalue weighted by molar-refractivity contribution is 7.18. The third kappa shape index (κ3) is 3.76. The number of aryl methyl sites for hydroxylation is 3. The molecular formula is C15H19N3O4S. The molecule has 0 aliphatic heterocycles. The van der Waals surface area contributed by atoms with Gasteiger partial charge >= 0.3 is 5.97 Å². The molecule has 0 radical (unpaired) electrons. The zero-order valence-electron chi connectivity index (χ0n) is 13.3. The number of aromatic nitrogens is 2. The van der Waals surface area contributed by atoms with Crippen molar-refractivity contribution in [2.24, 2.45) is 0 Å². The number of hydrogen-bond donors (Lipinski definition) is 2. The molecule has 23 heavy (non-hydrogen) atoms. The highest BCUT2D eigenvalue weighted by Gasteiger charge is 2.15. The van der Waals surface area contributed by atoms with Crippen LogP contribution >= 0.6 is 11.3 Å². The normalized spacial score (nSPS) is 10.9. The molecule has 2 aromatic rings. The Morgan fingerprint density at radius 2 is 1.96 bits per heavy atom. The maximum atomic E-state index is 12.6. The van der Waals surface area contributed by atoms with Crippen molar-refractivity contribution in [1.82, 2.24) is 14.9 Å². The van der Waals surface area contributed by atoms with Crippen molar-refractivity contribution in [3.63, 3.8) is 0 Å². The lowest BCUT2D eigenvalue weighted by Crippen LogP contribution is -2.30. The number of rotatable bonds is 6. The van der Waals surface area contributed by atoms with E-state index in [9.17, 15) is 14.4 Å². The molecule has 0 aliphatic carbocycles. The summed E-state index contributed by atoms with van der Waals surface area (Å²) in [6, 6.07) is 0. The van der Waals surface area contributed by atoms with Gasteiger partial charge < -0.3 is 10.4 Å². The number of amides is 1. The average molecular weight is 337 g/mol. The van der Waals surface area contributed by atoms with Crippen LogP contribution in [0.25, 0.3) is 10.2 Å². The van der Waals surface area contributed by atoms with E-state index in [1.807, 2.05) is 13.8 Å². The van der Waals surface area contributed by atoms with Crippen molar-refractivity contribution in [3.8, 4) is 0 Å². The van der Waals surface area contributed by atoms with Gasteiger partial charge in [0.15, 0.2) is 0 Å². The summed E-state index contributed by atoms with van der Waals surface area (Å²) in [5.41, 5.74) is 0.801. The van der Waals surface area contributed by atoms with Gasteiger partial charge in [0.2, 0.25) is 5.91 Å². The summed E-state index contributed by atoms with van der Waals surface area (Å²) in [7, 11) is 0. The molecule has 0 bridgehead atoms. The first kappa shape index (κ1) is 17.1. The fraction of sp³-hybridized carbons (Fsp3) is 0.467. The zero-order valence-corrected chi connectivity index (χ0v) is 14.1. The van der Waals surface area contributed by atoms with Gasteiger partial charge in [-0.15, -0.1) is 11.3 Å². The molecule has 2 rings (SSSR count). The second kappa shape index (κ2) is 6.91. The van der Waals surface area contributed by atoms with Gasteiger partial charge in [0.1, 0.15) is 10.7 Å². The lowest BCUT2D eigenvalue weighted by Gasteiger charge is -2.09. The number of thiophene rings is 1. The van der Waals surface area contributed by atoms with Gasteiger partial charge in [-0.1, -0.05) is 0 Å². The number of carbonyl (C=O) groups excluding carboxylic acids is 1. The van der Waals surface area contributed by atoms with Gasteiger partial charge in [-0.3, -0.25) is 19.0 Å². The molecular weight excluding hydrogens is 318 g/mol. The van der Waals surface area contributed by atoms with E-state index >= 15 is 0 Å². The fourth-order valence-corrected chi connectivity index (χ4v) is 3.37. The summed E-state index contributed by atoms with van der Waals surface area (Å²) < 4.78 is 1.50. The van der Waals surface area contributed by atoms with E-state index in [-0.39, 0.29) is 37.4 Å². The van der Waals surface area contributed by atoms with E-state index in [1.165, 1.54) is 15.9 Å². The topological polar surface area (TPSA) is 101 Å². The standard InChI is InChI=1S/C15H19N3O4S/c1-8-9(2)23-14-13(8)15(22)18(10(3)17-14)7-5-11(19)16-6-4-12(20)21/h4-7H2,1-3H3,(H,16,19)(H,20,21). The molecule has 8 heteroatoms. The van der Waals surface area contributed by atoms with Gasteiger partial charge in [0.05, 0.1) is 11.8 Å². The van der Waals surface area contributed by atoms with E-state index in [1.54, 1.807) is 6.92 Å². The van der Waals surface area contributed by atoms with E-state index in [4.69, 9.17) is 5.11 Å². The summed E-state index contributed by atoms with van der Waals surface area (Å²) in [6.45, 7) is 5.91. The summed E-state index contributed by atoms with van der Waals surface area (Å²) in [5, 5.41) is 11.7. The second-order valence-electron chi connectivity index (χ2n) is 5.32. The van der Waals surface area contributed by atoms with Crippen LogP contribution in [0.2, 0.25) is 0 Å². The quantitative estimate of drug-likeness (QED) is 0.829. The third-order valence-corrected chi connectivity index (χ3v) is 4.80. The first-order chi connectivity index (χ1) is 10.8. The number of carboxylic acid groups (broad SMARTS) is 1. The van der Waals surface area contributed by atoms with Gasteiger partial charge in [-0.05, 0) is 26.3 Å². The van der Waals surface area contributed by atoms with Crippen LogP contribution < -0.4 is 10.9 Å². The smallest absolute Gasteiger partial charge is 0.305 e. The summed E-state index contributed by atoms with van der Waals surface area (Å²) in [4.78, 5) is 41.0. The van der Waals surface area contributed by atoms with Crippen LogP contribution in [-0.2, 0) is 16.1 Å². The summed E-state index contributed by atoms with van der Waals surface area (Å²) in [5.74, 6) is -0.673. The Kier molecular flexibility index (Phi) is 5.15. The molecule has 7 nitrogen and oxygen atoms in total. The minimum Gasteiger partial charge on any atom is -0.481 e. The number of aliphatic carboxylic acids is 1. The number of carbonyl (C=O) groups is 2. The molecule has 0 saturated heterocycles. The van der Waals surface area contributed by atoms with Crippen LogP contribution in [0.1, 0.15) is 29.1 Å². The fourth-order valence-electron chi connectivity index (χ4n) is 2.30. The highest BCUT2D eigenvalue weighted by Crippen LogP contribution is 2.26. The van der Waals surface area contributed by atoms with Crippen molar-refractivity contribution in [2.75, 3.05) is 6.54 Å². The molecule has 2 aromatic heterocycles. The Morgan fingerprint density at radius 1 is 1.26 bits per heavy atom. The predicted octanol–water partition coefficient (Wildman–Crippen LogP) is 1.36. The lowest BCUT2D eigenvalue weighted by atomic mass is 10.2. The first-order valence-electron chi connectivity index (χ1n) is 7.27. The molecule has 0 fully saturated rings. The molecule has 0 aromatic carbocycles.